The molecule has 1 amide bonds. The zero-order valence-electron chi connectivity index (χ0n) is 10.4. The molecule has 0 spiro atoms. The molecular formula is C13H18FNO3. The minimum Gasteiger partial charge on any atom is -0.492 e. The summed E-state index contributed by atoms with van der Waals surface area (Å²) in [6, 6.07) is 5.88. The summed E-state index contributed by atoms with van der Waals surface area (Å²) in [5.41, 5.74) is 0. The molecule has 4 nitrogen and oxygen atoms in total. The lowest BCUT2D eigenvalue weighted by atomic mass is 10.3. The Labute approximate surface area is 106 Å². The molecule has 0 saturated heterocycles. The van der Waals surface area contributed by atoms with Crippen molar-refractivity contribution in [1.82, 2.24) is 4.90 Å². The van der Waals surface area contributed by atoms with Crippen molar-refractivity contribution in [2.45, 2.75) is 12.8 Å². The SMILES string of the molecule is CN(CCOc1cccc(F)c1)C(=O)CCCO. The van der Waals surface area contributed by atoms with E-state index in [1.54, 1.807) is 19.2 Å². The highest BCUT2D eigenvalue weighted by Gasteiger charge is 2.07. The number of hydrogen-bond donors (Lipinski definition) is 1. The molecule has 100 valence electrons. The van der Waals surface area contributed by atoms with Gasteiger partial charge in [-0.2, -0.15) is 0 Å². The average molecular weight is 255 g/mol. The molecule has 0 heterocycles. The van der Waals surface area contributed by atoms with Crippen molar-refractivity contribution >= 4 is 5.91 Å². The third kappa shape index (κ3) is 5.14. The summed E-state index contributed by atoms with van der Waals surface area (Å²) >= 11 is 0. The number of nitrogens with zero attached hydrogens (tertiary/aromatic N) is 1. The number of aliphatic hydroxyl groups is 1. The number of carbonyl (C=O) groups excluding carboxylic acids is 1. The molecule has 0 atom stereocenters. The van der Waals surface area contributed by atoms with Crippen molar-refractivity contribution in [2.75, 3.05) is 26.8 Å². The Balaban J connectivity index is 2.26. The number of benzene rings is 1. The van der Waals surface area contributed by atoms with Crippen LogP contribution in [0.25, 0.3) is 0 Å². The van der Waals surface area contributed by atoms with Crippen LogP contribution in [0.15, 0.2) is 24.3 Å². The summed E-state index contributed by atoms with van der Waals surface area (Å²) in [6.45, 7) is 0.755. The molecule has 0 bridgehead atoms. The molecule has 0 aromatic heterocycles. The van der Waals surface area contributed by atoms with Crippen molar-refractivity contribution in [3.8, 4) is 5.75 Å². The van der Waals surface area contributed by atoms with Crippen LogP contribution in [0.1, 0.15) is 12.8 Å². The summed E-state index contributed by atoms with van der Waals surface area (Å²) in [7, 11) is 1.68. The molecule has 1 rings (SSSR count). The highest BCUT2D eigenvalue weighted by Crippen LogP contribution is 2.11. The zero-order chi connectivity index (χ0) is 13.4. The fourth-order valence-electron chi connectivity index (χ4n) is 1.40. The Morgan fingerprint density at radius 1 is 1.50 bits per heavy atom. The van der Waals surface area contributed by atoms with Gasteiger partial charge in [-0.25, -0.2) is 4.39 Å². The van der Waals surface area contributed by atoms with Gasteiger partial charge in [0.05, 0.1) is 6.54 Å². The number of carbonyl (C=O) groups is 1. The standard InChI is InChI=1S/C13H18FNO3/c1-15(13(17)6-3-8-16)7-9-18-12-5-2-4-11(14)10-12/h2,4-5,10,16H,3,6-9H2,1H3. The van der Waals surface area contributed by atoms with Gasteiger partial charge in [-0.1, -0.05) is 6.07 Å². The van der Waals surface area contributed by atoms with E-state index in [1.807, 2.05) is 0 Å². The minimum absolute atomic E-state index is 0.0133. The highest BCUT2D eigenvalue weighted by molar-refractivity contribution is 5.75. The summed E-state index contributed by atoms with van der Waals surface area (Å²) in [5.74, 6) is 0.0676. The fourth-order valence-corrected chi connectivity index (χ4v) is 1.40. The van der Waals surface area contributed by atoms with Gasteiger partial charge in [0.1, 0.15) is 18.2 Å². The van der Waals surface area contributed by atoms with Gasteiger partial charge in [0.15, 0.2) is 0 Å². The van der Waals surface area contributed by atoms with Crippen LogP contribution in [-0.4, -0.2) is 42.7 Å². The van der Waals surface area contributed by atoms with Gasteiger partial charge >= 0.3 is 0 Å². The van der Waals surface area contributed by atoms with Crippen molar-refractivity contribution in [3.63, 3.8) is 0 Å². The minimum atomic E-state index is -0.347. The second-order valence-electron chi connectivity index (χ2n) is 3.95. The van der Waals surface area contributed by atoms with Crippen LogP contribution in [0.2, 0.25) is 0 Å². The number of ether oxygens (including phenoxy) is 1. The Hall–Kier alpha value is -1.62. The van der Waals surface area contributed by atoms with Crippen molar-refractivity contribution in [1.29, 1.82) is 0 Å². The summed E-state index contributed by atoms with van der Waals surface area (Å²) in [5, 5.41) is 8.62. The Kier molecular flexibility index (Phi) is 6.14. The molecule has 0 aliphatic rings. The second kappa shape index (κ2) is 7.66. The number of hydrogen-bond acceptors (Lipinski definition) is 3. The molecule has 18 heavy (non-hydrogen) atoms. The third-order valence-electron chi connectivity index (χ3n) is 2.47. The number of halogens is 1. The number of aliphatic hydroxyl groups excluding tert-OH is 1. The second-order valence-corrected chi connectivity index (χ2v) is 3.95. The van der Waals surface area contributed by atoms with Gasteiger partial charge in [0.25, 0.3) is 0 Å². The molecular weight excluding hydrogens is 237 g/mol. The summed E-state index contributed by atoms with van der Waals surface area (Å²) < 4.78 is 18.2. The molecule has 0 saturated carbocycles. The van der Waals surface area contributed by atoms with E-state index in [4.69, 9.17) is 9.84 Å². The van der Waals surface area contributed by atoms with Gasteiger partial charge in [0, 0.05) is 26.1 Å². The normalized spacial score (nSPS) is 10.2. The molecule has 1 aromatic rings. The van der Waals surface area contributed by atoms with E-state index in [2.05, 4.69) is 0 Å². The number of rotatable bonds is 7. The van der Waals surface area contributed by atoms with Gasteiger partial charge in [0.2, 0.25) is 5.91 Å². The van der Waals surface area contributed by atoms with Gasteiger partial charge in [-0.3, -0.25) is 4.79 Å². The quantitative estimate of drug-likeness (QED) is 0.802. The monoisotopic (exact) mass is 255 g/mol. The molecule has 1 N–H and O–H groups in total. The van der Waals surface area contributed by atoms with E-state index >= 15 is 0 Å². The van der Waals surface area contributed by atoms with Gasteiger partial charge < -0.3 is 14.7 Å². The lowest BCUT2D eigenvalue weighted by Crippen LogP contribution is -2.30. The number of amides is 1. The Bertz CT molecular complexity index is 384. The predicted molar refractivity (Wildman–Crippen MR) is 65.9 cm³/mol. The first-order chi connectivity index (χ1) is 8.63. The first-order valence-electron chi connectivity index (χ1n) is 5.86. The van der Waals surface area contributed by atoms with E-state index in [1.165, 1.54) is 17.0 Å². The van der Waals surface area contributed by atoms with Crippen LogP contribution in [0, 0.1) is 5.82 Å². The lowest BCUT2D eigenvalue weighted by Gasteiger charge is -2.17. The third-order valence-corrected chi connectivity index (χ3v) is 2.47. The maximum Gasteiger partial charge on any atom is 0.222 e. The average Bonchev–Trinajstić information content (AvgIpc) is 2.35. The van der Waals surface area contributed by atoms with E-state index in [-0.39, 0.29) is 18.3 Å². The van der Waals surface area contributed by atoms with Gasteiger partial charge in [-0.05, 0) is 18.6 Å². The highest BCUT2D eigenvalue weighted by atomic mass is 19.1. The molecule has 0 radical (unpaired) electrons. The van der Waals surface area contributed by atoms with Crippen LogP contribution in [0.3, 0.4) is 0 Å². The lowest BCUT2D eigenvalue weighted by molar-refractivity contribution is -0.130. The maximum absolute atomic E-state index is 12.9. The van der Waals surface area contributed by atoms with Crippen LogP contribution in [0.4, 0.5) is 4.39 Å². The first kappa shape index (κ1) is 14.4. The summed E-state index contributed by atoms with van der Waals surface area (Å²) in [6.07, 6.45) is 0.793. The van der Waals surface area contributed by atoms with Crippen molar-refractivity contribution in [3.05, 3.63) is 30.1 Å². The van der Waals surface area contributed by atoms with E-state index in [0.29, 0.717) is 31.7 Å². The first-order valence-corrected chi connectivity index (χ1v) is 5.86. The van der Waals surface area contributed by atoms with E-state index in [9.17, 15) is 9.18 Å². The predicted octanol–water partition coefficient (Wildman–Crippen LogP) is 1.44. The van der Waals surface area contributed by atoms with Crippen LogP contribution >= 0.6 is 0 Å². The smallest absolute Gasteiger partial charge is 0.222 e. The Morgan fingerprint density at radius 2 is 2.28 bits per heavy atom. The zero-order valence-corrected chi connectivity index (χ0v) is 10.4. The number of likely N-dealkylation sites (N-methyl/N-ethyl adjacent to an activating group) is 1. The van der Waals surface area contributed by atoms with E-state index < -0.39 is 0 Å². The van der Waals surface area contributed by atoms with Crippen LogP contribution in [0.5, 0.6) is 5.75 Å². The Morgan fingerprint density at radius 3 is 2.94 bits per heavy atom. The van der Waals surface area contributed by atoms with Gasteiger partial charge in [-0.15, -0.1) is 0 Å². The fraction of sp³-hybridized carbons (Fsp3) is 0.462. The van der Waals surface area contributed by atoms with Crippen LogP contribution in [-0.2, 0) is 4.79 Å². The topological polar surface area (TPSA) is 49.8 Å². The van der Waals surface area contributed by atoms with Crippen molar-refractivity contribution in [2.24, 2.45) is 0 Å². The van der Waals surface area contributed by atoms with Crippen LogP contribution < -0.4 is 4.74 Å². The maximum atomic E-state index is 12.9. The molecule has 5 heteroatoms. The molecule has 0 fully saturated rings. The largest absolute Gasteiger partial charge is 0.492 e. The molecule has 1 aromatic carbocycles. The molecule has 0 unspecified atom stereocenters. The summed E-state index contributed by atoms with van der Waals surface area (Å²) in [4.78, 5) is 13.0. The van der Waals surface area contributed by atoms with Crippen molar-refractivity contribution < 1.29 is 19.0 Å². The van der Waals surface area contributed by atoms with E-state index in [0.717, 1.165) is 0 Å². The molecule has 0 aliphatic carbocycles. The molecule has 0 aliphatic heterocycles.